The van der Waals surface area contributed by atoms with Crippen LogP contribution in [0.15, 0.2) is 77.0 Å². The van der Waals surface area contributed by atoms with Crippen molar-refractivity contribution in [2.45, 2.75) is 28.8 Å². The van der Waals surface area contributed by atoms with E-state index in [-0.39, 0.29) is 22.3 Å². The van der Waals surface area contributed by atoms with Crippen molar-refractivity contribution in [2.75, 3.05) is 11.1 Å². The topological polar surface area (TPSA) is 133 Å². The van der Waals surface area contributed by atoms with Crippen molar-refractivity contribution < 1.29 is 13.3 Å². The van der Waals surface area contributed by atoms with Crippen LogP contribution in [0.2, 0.25) is 0 Å². The maximum absolute atomic E-state index is 11.6. The maximum atomic E-state index is 11.6. The molecule has 0 bridgehead atoms. The van der Waals surface area contributed by atoms with Gasteiger partial charge in [0.15, 0.2) is 0 Å². The average Bonchev–Trinajstić information content (AvgIpc) is 3.23. The Morgan fingerprint density at radius 2 is 2.00 bits per heavy atom. The van der Waals surface area contributed by atoms with Crippen molar-refractivity contribution in [3.05, 3.63) is 77.4 Å². The van der Waals surface area contributed by atoms with Crippen LogP contribution < -0.4 is 10.5 Å². The molecule has 3 rings (SSSR count). The van der Waals surface area contributed by atoms with Gasteiger partial charge in [-0.1, -0.05) is 18.2 Å². The number of thioether (sulfide) groups is 1. The second-order valence-electron chi connectivity index (χ2n) is 6.54. The first-order valence-corrected chi connectivity index (χ1v) is 11.6. The van der Waals surface area contributed by atoms with E-state index in [9.17, 15) is 18.5 Å². The van der Waals surface area contributed by atoms with Crippen LogP contribution in [0.1, 0.15) is 6.42 Å². The highest BCUT2D eigenvalue weighted by Gasteiger charge is 2.21. The van der Waals surface area contributed by atoms with E-state index in [0.29, 0.717) is 18.7 Å². The number of aromatic nitrogens is 2. The van der Waals surface area contributed by atoms with Crippen LogP contribution in [0.5, 0.6) is 0 Å². The van der Waals surface area contributed by atoms with Crippen LogP contribution in [0.4, 0.5) is 11.4 Å². The number of primary sulfonamides is 1. The van der Waals surface area contributed by atoms with Gasteiger partial charge in [0, 0.05) is 41.7 Å². The lowest BCUT2D eigenvalue weighted by molar-refractivity contribution is -0.384. The molecule has 0 saturated carbocycles. The smallest absolute Gasteiger partial charge is 0.293 e. The summed E-state index contributed by atoms with van der Waals surface area (Å²) in [7, 11) is -4.04. The lowest BCUT2D eigenvalue weighted by atomic mass is 10.2. The van der Waals surface area contributed by atoms with E-state index < -0.39 is 14.9 Å². The van der Waals surface area contributed by atoms with E-state index in [1.54, 1.807) is 24.3 Å². The molecule has 2 aromatic carbocycles. The van der Waals surface area contributed by atoms with Gasteiger partial charge in [0.1, 0.15) is 5.69 Å². The molecule has 3 N–H and O–H groups in total. The third-order valence-corrected chi connectivity index (χ3v) is 6.43. The molecular formula is C19H21N5O4S2. The minimum atomic E-state index is -4.04. The first kappa shape index (κ1) is 21.8. The van der Waals surface area contributed by atoms with Gasteiger partial charge >= 0.3 is 0 Å². The van der Waals surface area contributed by atoms with Crippen molar-refractivity contribution in [3.63, 3.8) is 0 Å². The van der Waals surface area contributed by atoms with E-state index in [2.05, 4.69) is 10.3 Å². The van der Waals surface area contributed by atoms with Crippen molar-refractivity contribution >= 4 is 33.2 Å². The van der Waals surface area contributed by atoms with Gasteiger partial charge in [0.25, 0.3) is 5.69 Å². The standard InChI is InChI=1S/C19H21N5O4S2/c20-30(27,28)17-6-7-18(19(12-17)24(25)26)22-15(8-10-23-11-9-21-14-23)13-29-16-4-2-1-3-5-16/h1-7,9,11-12,14-15,22H,8,10,13H2,(H2,20,27,28)/t15-/m1/s1. The SMILES string of the molecule is NS(=O)(=O)c1ccc(N[C@H](CCn2ccnc2)CSc2ccccc2)c([N+](=O)[O-])c1. The number of aryl methyl sites for hydroxylation is 1. The number of nitro benzene ring substituents is 1. The van der Waals surface area contributed by atoms with Gasteiger partial charge in [-0.3, -0.25) is 10.1 Å². The Hall–Kier alpha value is -2.89. The predicted molar refractivity (Wildman–Crippen MR) is 116 cm³/mol. The Morgan fingerprint density at radius 1 is 1.23 bits per heavy atom. The Bertz CT molecular complexity index is 1090. The Balaban J connectivity index is 1.80. The fraction of sp³-hybridized carbons (Fsp3) is 0.211. The van der Waals surface area contributed by atoms with Crippen LogP contribution in [-0.4, -0.2) is 34.7 Å². The average molecular weight is 448 g/mol. The monoisotopic (exact) mass is 447 g/mol. The van der Waals surface area contributed by atoms with E-state index >= 15 is 0 Å². The quantitative estimate of drug-likeness (QED) is 0.277. The third kappa shape index (κ3) is 6.05. The molecule has 3 aromatic rings. The van der Waals surface area contributed by atoms with E-state index in [0.717, 1.165) is 11.0 Å². The van der Waals surface area contributed by atoms with E-state index in [1.165, 1.54) is 12.1 Å². The van der Waals surface area contributed by atoms with Gasteiger partial charge in [-0.2, -0.15) is 0 Å². The molecule has 1 aromatic heterocycles. The van der Waals surface area contributed by atoms with Gasteiger partial charge in [0.05, 0.1) is 16.1 Å². The predicted octanol–water partition coefficient (Wildman–Crippen LogP) is 3.10. The maximum Gasteiger partial charge on any atom is 0.293 e. The summed E-state index contributed by atoms with van der Waals surface area (Å²) in [5.41, 5.74) is -0.0874. The van der Waals surface area contributed by atoms with Crippen molar-refractivity contribution in [3.8, 4) is 0 Å². The zero-order chi connectivity index (χ0) is 21.6. The molecule has 0 spiro atoms. The molecule has 0 fully saturated rings. The second-order valence-corrected chi connectivity index (χ2v) is 9.19. The van der Waals surface area contributed by atoms with Gasteiger partial charge in [0.2, 0.25) is 10.0 Å². The number of benzene rings is 2. The Kier molecular flexibility index (Phi) is 7.08. The molecule has 0 radical (unpaired) electrons. The number of nitrogens with two attached hydrogens (primary N) is 1. The minimum Gasteiger partial charge on any atom is -0.376 e. The summed E-state index contributed by atoms with van der Waals surface area (Å²) in [4.78, 5) is 15.7. The number of anilines is 1. The van der Waals surface area contributed by atoms with Gasteiger partial charge in [-0.25, -0.2) is 18.5 Å². The van der Waals surface area contributed by atoms with Gasteiger partial charge in [-0.05, 0) is 30.7 Å². The molecule has 0 aliphatic carbocycles. The highest BCUT2D eigenvalue weighted by Crippen LogP contribution is 2.29. The zero-order valence-corrected chi connectivity index (χ0v) is 17.6. The lowest BCUT2D eigenvalue weighted by Crippen LogP contribution is -2.25. The number of hydrogen-bond acceptors (Lipinski definition) is 7. The summed E-state index contributed by atoms with van der Waals surface area (Å²) in [6.07, 6.45) is 5.94. The van der Waals surface area contributed by atoms with Gasteiger partial charge in [-0.15, -0.1) is 11.8 Å². The molecule has 1 heterocycles. The molecule has 0 aliphatic rings. The molecule has 0 amide bonds. The highest BCUT2D eigenvalue weighted by atomic mass is 32.2. The lowest BCUT2D eigenvalue weighted by Gasteiger charge is -2.20. The molecule has 1 atom stereocenters. The van der Waals surface area contributed by atoms with Crippen molar-refractivity contribution in [1.82, 2.24) is 9.55 Å². The molecule has 158 valence electrons. The summed E-state index contributed by atoms with van der Waals surface area (Å²) in [6.45, 7) is 0.677. The number of imidazole rings is 1. The second kappa shape index (κ2) is 9.74. The summed E-state index contributed by atoms with van der Waals surface area (Å²) in [5, 5.41) is 19.8. The largest absolute Gasteiger partial charge is 0.376 e. The number of nitro groups is 1. The molecular weight excluding hydrogens is 426 g/mol. The molecule has 11 heteroatoms. The zero-order valence-electron chi connectivity index (χ0n) is 15.9. The molecule has 0 aliphatic heterocycles. The number of sulfonamides is 1. The summed E-state index contributed by atoms with van der Waals surface area (Å²) >= 11 is 1.63. The highest BCUT2D eigenvalue weighted by molar-refractivity contribution is 7.99. The summed E-state index contributed by atoms with van der Waals surface area (Å²) in [5.74, 6) is 0.660. The fourth-order valence-electron chi connectivity index (χ4n) is 2.82. The number of hydrogen-bond donors (Lipinski definition) is 2. The molecule has 0 unspecified atom stereocenters. The Morgan fingerprint density at radius 3 is 2.63 bits per heavy atom. The van der Waals surface area contributed by atoms with Crippen LogP contribution in [-0.2, 0) is 16.6 Å². The summed E-state index contributed by atoms with van der Waals surface area (Å²) in [6, 6.07) is 13.4. The van der Waals surface area contributed by atoms with Crippen LogP contribution in [0, 0.1) is 10.1 Å². The minimum absolute atomic E-state index is 0.114. The van der Waals surface area contributed by atoms with Crippen molar-refractivity contribution in [2.24, 2.45) is 5.14 Å². The first-order chi connectivity index (χ1) is 14.3. The fourth-order valence-corrected chi connectivity index (χ4v) is 4.34. The first-order valence-electron chi connectivity index (χ1n) is 9.04. The molecule has 30 heavy (non-hydrogen) atoms. The normalized spacial score (nSPS) is 12.4. The van der Waals surface area contributed by atoms with E-state index in [4.69, 9.17) is 5.14 Å². The third-order valence-electron chi connectivity index (χ3n) is 4.34. The number of rotatable bonds is 10. The van der Waals surface area contributed by atoms with Crippen LogP contribution in [0.25, 0.3) is 0 Å². The number of nitrogens with one attached hydrogen (secondary N) is 1. The van der Waals surface area contributed by atoms with E-state index in [1.807, 2.05) is 41.1 Å². The molecule has 9 nitrogen and oxygen atoms in total. The number of nitrogens with zero attached hydrogens (tertiary/aromatic N) is 3. The van der Waals surface area contributed by atoms with Crippen LogP contribution in [0.3, 0.4) is 0 Å². The molecule has 0 saturated heterocycles. The van der Waals surface area contributed by atoms with Gasteiger partial charge < -0.3 is 9.88 Å². The Labute approximate surface area is 178 Å². The van der Waals surface area contributed by atoms with Crippen molar-refractivity contribution in [1.29, 1.82) is 0 Å². The summed E-state index contributed by atoms with van der Waals surface area (Å²) < 4.78 is 25.0. The van der Waals surface area contributed by atoms with Crippen LogP contribution >= 0.6 is 11.8 Å².